The minimum atomic E-state index is -5.00. The maximum atomic E-state index is 12.3. The van der Waals surface area contributed by atoms with Crippen LogP contribution in [0.1, 0.15) is 11.1 Å². The summed E-state index contributed by atoms with van der Waals surface area (Å²) < 4.78 is 114. The summed E-state index contributed by atoms with van der Waals surface area (Å²) in [6.45, 7) is 3.38. The number of nitrogens with two attached hydrogens (primary N) is 2. The van der Waals surface area contributed by atoms with Crippen LogP contribution in [0.25, 0.3) is 32.7 Å². The molecule has 8 N–H and O–H groups in total. The molecule has 2 unspecified atom stereocenters. The van der Waals surface area contributed by atoms with Gasteiger partial charge in [-0.2, -0.15) is 27.1 Å². The first-order valence-corrected chi connectivity index (χ1v) is 20.6. The minimum Gasteiger partial charge on any atom is -0.768 e. The van der Waals surface area contributed by atoms with Gasteiger partial charge in [0, 0.05) is 27.0 Å². The fourth-order valence-corrected chi connectivity index (χ4v) is 8.02. The standard InChI is InChI=1S/C34H28N6O12S4/c1-15-7-17(3-5-25(15)37-39-31-27(54(45)46)11-20-10-22(55(47,48)49)14-24(36)30(20)33(31)41)18-4-6-26(16(2)8-18)38-40-32-28(56(50,51)52)12-19-9-21(53(43)44)13-23(35)29(19)34(32)42/h3-14,41-42H,35-36H2,1-2H3,(H,43,44)(H,45,46)(H,47,48,49)(H,50,51,52)/p-2. The molecule has 22 heteroatoms. The summed E-state index contributed by atoms with van der Waals surface area (Å²) in [6.07, 6.45) is 0. The number of aromatic hydroxyl groups is 2. The molecule has 0 aliphatic heterocycles. The Balaban J connectivity index is 1.32. The quantitative estimate of drug-likeness (QED) is 0.0384. The Hall–Kier alpha value is -5.72. The van der Waals surface area contributed by atoms with Crippen LogP contribution in [0.3, 0.4) is 0 Å². The second kappa shape index (κ2) is 14.7. The minimum absolute atomic E-state index is 0.0867. The molecular weight excluding hydrogens is 813 g/mol. The van der Waals surface area contributed by atoms with Crippen LogP contribution in [-0.2, 0) is 42.4 Å². The number of azo groups is 2. The highest BCUT2D eigenvalue weighted by Crippen LogP contribution is 2.46. The second-order valence-electron chi connectivity index (χ2n) is 12.2. The SMILES string of the molecule is Cc1cc(-c2ccc(N=Nc3c(S(=O)(=O)O)cc4cc(S(=O)[O-])cc(N)c4c3O)c(C)c2)ccc1N=Nc1c(S(=O)[O-])cc2cc(S(=O)(=O)O)cc(N)c2c1O. The van der Waals surface area contributed by atoms with Crippen LogP contribution >= 0.6 is 0 Å². The molecule has 0 saturated carbocycles. The molecule has 0 fully saturated rings. The summed E-state index contributed by atoms with van der Waals surface area (Å²) in [6, 6.07) is 15.9. The fourth-order valence-electron chi connectivity index (χ4n) is 5.85. The fraction of sp³-hybridized carbons (Fsp3) is 0.0588. The third-order valence-electron chi connectivity index (χ3n) is 8.50. The van der Waals surface area contributed by atoms with Gasteiger partial charge in [-0.3, -0.25) is 17.5 Å². The van der Waals surface area contributed by atoms with Crippen molar-refractivity contribution >= 4 is 98.1 Å². The van der Waals surface area contributed by atoms with Gasteiger partial charge in [0.05, 0.1) is 21.2 Å². The van der Waals surface area contributed by atoms with Gasteiger partial charge in [0.15, 0.2) is 11.5 Å². The third kappa shape index (κ3) is 7.71. The van der Waals surface area contributed by atoms with Gasteiger partial charge in [-0.1, -0.05) is 12.1 Å². The summed E-state index contributed by atoms with van der Waals surface area (Å²) in [4.78, 5) is -2.24. The van der Waals surface area contributed by atoms with E-state index in [2.05, 4.69) is 20.5 Å². The normalized spacial score (nSPS) is 13.6. The van der Waals surface area contributed by atoms with Crippen LogP contribution in [0.4, 0.5) is 34.1 Å². The van der Waals surface area contributed by atoms with E-state index in [0.717, 1.165) is 36.4 Å². The van der Waals surface area contributed by atoms with Gasteiger partial charge in [-0.05, 0) is 130 Å². The van der Waals surface area contributed by atoms with Gasteiger partial charge in [-0.25, -0.2) is 0 Å². The zero-order chi connectivity index (χ0) is 41.0. The van der Waals surface area contributed by atoms with Gasteiger partial charge in [0.25, 0.3) is 20.2 Å². The van der Waals surface area contributed by atoms with Crippen molar-refractivity contribution in [2.24, 2.45) is 20.5 Å². The Morgan fingerprint density at radius 3 is 1.59 bits per heavy atom. The van der Waals surface area contributed by atoms with Crippen molar-refractivity contribution in [2.45, 2.75) is 33.4 Å². The Bertz CT molecular complexity index is 3010. The number of phenolic OH excluding ortho intramolecular Hbond substituents is 2. The number of aryl methyl sites for hydroxylation is 2. The van der Waals surface area contributed by atoms with E-state index >= 15 is 0 Å². The molecule has 0 amide bonds. The number of benzene rings is 6. The first-order valence-electron chi connectivity index (χ1n) is 15.5. The Kier molecular flexibility index (Phi) is 10.5. The number of rotatable bonds is 9. The molecule has 6 rings (SSSR count). The van der Waals surface area contributed by atoms with Crippen molar-refractivity contribution in [1.29, 1.82) is 0 Å². The van der Waals surface area contributed by atoms with E-state index in [4.69, 9.17) is 11.5 Å². The van der Waals surface area contributed by atoms with E-state index in [0.29, 0.717) is 22.3 Å². The first kappa shape index (κ1) is 40.0. The Morgan fingerprint density at radius 2 is 1.11 bits per heavy atom. The largest absolute Gasteiger partial charge is 0.768 e. The van der Waals surface area contributed by atoms with Crippen molar-refractivity contribution in [3.8, 4) is 22.6 Å². The smallest absolute Gasteiger partial charge is 0.296 e. The lowest BCUT2D eigenvalue weighted by Gasteiger charge is -2.14. The number of anilines is 2. The molecule has 56 heavy (non-hydrogen) atoms. The summed E-state index contributed by atoms with van der Waals surface area (Å²) in [5, 5.41) is 37.7. The molecule has 290 valence electrons. The topological polar surface area (TPSA) is 331 Å². The molecule has 0 heterocycles. The molecule has 6 aromatic rings. The predicted molar refractivity (Wildman–Crippen MR) is 204 cm³/mol. The zero-order valence-electron chi connectivity index (χ0n) is 28.6. The van der Waals surface area contributed by atoms with Crippen molar-refractivity contribution in [1.82, 2.24) is 0 Å². The lowest BCUT2D eigenvalue weighted by molar-refractivity contribution is 0.472. The van der Waals surface area contributed by atoms with Crippen molar-refractivity contribution in [3.63, 3.8) is 0 Å². The van der Waals surface area contributed by atoms with Gasteiger partial charge in [-0.15, -0.1) is 10.2 Å². The van der Waals surface area contributed by atoms with Crippen LogP contribution in [0.15, 0.2) is 113 Å². The van der Waals surface area contributed by atoms with E-state index < -0.39 is 80.0 Å². The molecule has 18 nitrogen and oxygen atoms in total. The molecule has 0 aromatic heterocycles. The van der Waals surface area contributed by atoms with E-state index in [9.17, 15) is 53.7 Å². The molecular formula is C34H26N6O12S4-2. The maximum absolute atomic E-state index is 12.3. The van der Waals surface area contributed by atoms with Crippen LogP contribution in [0.2, 0.25) is 0 Å². The lowest BCUT2D eigenvalue weighted by Crippen LogP contribution is -2.01. The van der Waals surface area contributed by atoms with Crippen molar-refractivity contribution in [2.75, 3.05) is 11.5 Å². The van der Waals surface area contributed by atoms with E-state index in [1.165, 1.54) is 0 Å². The molecule has 0 spiro atoms. The highest BCUT2D eigenvalue weighted by molar-refractivity contribution is 7.86. The molecule has 0 saturated heterocycles. The average molecular weight is 839 g/mol. The maximum Gasteiger partial charge on any atom is 0.296 e. The molecule has 0 aliphatic carbocycles. The summed E-state index contributed by atoms with van der Waals surface area (Å²) in [5.41, 5.74) is 13.4. The molecule has 6 aromatic carbocycles. The Morgan fingerprint density at radius 1 is 0.607 bits per heavy atom. The summed E-state index contributed by atoms with van der Waals surface area (Å²) >= 11 is -5.70. The van der Waals surface area contributed by atoms with E-state index in [1.54, 1.807) is 50.2 Å². The van der Waals surface area contributed by atoms with Crippen LogP contribution in [-0.4, -0.2) is 53.7 Å². The third-order valence-corrected chi connectivity index (χ3v) is 11.5. The lowest BCUT2D eigenvalue weighted by atomic mass is 10.0. The number of phenols is 2. The monoisotopic (exact) mass is 838 g/mol. The highest BCUT2D eigenvalue weighted by atomic mass is 32.2. The molecule has 0 aliphatic rings. The van der Waals surface area contributed by atoms with Gasteiger partial charge in [0.2, 0.25) is 0 Å². The van der Waals surface area contributed by atoms with Gasteiger partial charge in [0.1, 0.15) is 16.3 Å². The summed E-state index contributed by atoms with van der Waals surface area (Å²) in [7, 11) is -9.70. The van der Waals surface area contributed by atoms with Crippen LogP contribution < -0.4 is 11.5 Å². The zero-order valence-corrected chi connectivity index (χ0v) is 31.8. The number of nitrogens with zero attached hydrogens (tertiary/aromatic N) is 4. The molecule has 0 bridgehead atoms. The number of nitrogen functional groups attached to an aromatic ring is 2. The molecule has 2 atom stereocenters. The van der Waals surface area contributed by atoms with Gasteiger partial charge < -0.3 is 30.8 Å². The average Bonchev–Trinajstić information content (AvgIpc) is 3.10. The van der Waals surface area contributed by atoms with E-state index in [-0.39, 0.29) is 49.2 Å². The van der Waals surface area contributed by atoms with Gasteiger partial charge >= 0.3 is 0 Å². The van der Waals surface area contributed by atoms with Crippen molar-refractivity contribution in [3.05, 3.63) is 83.9 Å². The number of hydrogen-bond acceptors (Lipinski definition) is 16. The molecule has 0 radical (unpaired) electrons. The summed E-state index contributed by atoms with van der Waals surface area (Å²) in [5.74, 6) is -1.44. The highest BCUT2D eigenvalue weighted by Gasteiger charge is 2.24. The Labute approximate surface area is 322 Å². The first-order chi connectivity index (χ1) is 26.1. The van der Waals surface area contributed by atoms with Crippen molar-refractivity contribution < 1.29 is 53.7 Å². The number of fused-ring (bicyclic) bond motifs is 2. The van der Waals surface area contributed by atoms with Crippen LogP contribution in [0, 0.1) is 13.8 Å². The van der Waals surface area contributed by atoms with E-state index in [1.807, 2.05) is 0 Å². The van der Waals surface area contributed by atoms with Crippen LogP contribution in [0.5, 0.6) is 11.5 Å². The number of hydrogen-bond donors (Lipinski definition) is 6. The predicted octanol–water partition coefficient (Wildman–Crippen LogP) is 6.65. The second-order valence-corrected chi connectivity index (χ2v) is 16.8.